The number of nitrogens with one attached hydrogen (secondary N) is 1. The first-order chi connectivity index (χ1) is 7.27. The van der Waals surface area contributed by atoms with Gasteiger partial charge in [0.1, 0.15) is 6.61 Å². The lowest BCUT2D eigenvalue weighted by Crippen LogP contribution is -2.27. The topological polar surface area (TPSA) is 64.3 Å². The van der Waals surface area contributed by atoms with E-state index >= 15 is 0 Å². The highest BCUT2D eigenvalue weighted by Crippen LogP contribution is 2.06. The molecule has 0 aliphatic rings. The summed E-state index contributed by atoms with van der Waals surface area (Å²) in [6.45, 7) is 1.07. The van der Waals surface area contributed by atoms with Crippen LogP contribution in [0.1, 0.15) is 11.1 Å². The number of nitrogens with two attached hydrogens (primary N) is 1. The van der Waals surface area contributed by atoms with E-state index in [1.807, 2.05) is 24.3 Å². The van der Waals surface area contributed by atoms with Gasteiger partial charge >= 0.3 is 0 Å². The van der Waals surface area contributed by atoms with Gasteiger partial charge in [-0.05, 0) is 11.1 Å². The molecule has 0 fully saturated rings. The molecule has 82 valence electrons. The number of hydrogen-bond acceptors (Lipinski definition) is 3. The largest absolute Gasteiger partial charge is 0.375 e. The van der Waals surface area contributed by atoms with E-state index in [2.05, 4.69) is 5.32 Å². The number of methoxy groups -OCH3 is 1. The summed E-state index contributed by atoms with van der Waals surface area (Å²) in [6, 6.07) is 7.77. The highest BCUT2D eigenvalue weighted by atomic mass is 16.5. The Hall–Kier alpha value is -1.39. The number of ether oxygens (including phenoxy) is 1. The third-order valence-electron chi connectivity index (χ3n) is 2.09. The van der Waals surface area contributed by atoms with E-state index in [0.29, 0.717) is 13.1 Å². The van der Waals surface area contributed by atoms with Gasteiger partial charge in [-0.1, -0.05) is 24.3 Å². The van der Waals surface area contributed by atoms with E-state index in [9.17, 15) is 4.79 Å². The summed E-state index contributed by atoms with van der Waals surface area (Å²) in [7, 11) is 1.49. The van der Waals surface area contributed by atoms with E-state index in [1.165, 1.54) is 7.11 Å². The SMILES string of the molecule is COCC(=O)NCc1ccccc1CN. The molecule has 4 heteroatoms. The Morgan fingerprint density at radius 3 is 2.67 bits per heavy atom. The van der Waals surface area contributed by atoms with Gasteiger partial charge < -0.3 is 15.8 Å². The van der Waals surface area contributed by atoms with Crippen molar-refractivity contribution < 1.29 is 9.53 Å². The second-order valence-corrected chi connectivity index (χ2v) is 3.18. The molecule has 15 heavy (non-hydrogen) atoms. The maximum Gasteiger partial charge on any atom is 0.246 e. The average Bonchev–Trinajstić information content (AvgIpc) is 2.27. The predicted octanol–water partition coefficient (Wildman–Crippen LogP) is 0.408. The molecular formula is C11H16N2O2. The van der Waals surface area contributed by atoms with Crippen LogP contribution < -0.4 is 11.1 Å². The fourth-order valence-electron chi connectivity index (χ4n) is 1.31. The van der Waals surface area contributed by atoms with E-state index in [-0.39, 0.29) is 12.5 Å². The first kappa shape index (κ1) is 11.7. The van der Waals surface area contributed by atoms with Gasteiger partial charge in [-0.3, -0.25) is 4.79 Å². The Morgan fingerprint density at radius 2 is 2.07 bits per heavy atom. The van der Waals surface area contributed by atoms with Crippen LogP contribution in [0.2, 0.25) is 0 Å². The standard InChI is InChI=1S/C11H16N2O2/c1-15-8-11(14)13-7-10-5-3-2-4-9(10)6-12/h2-5H,6-8,12H2,1H3,(H,13,14). The van der Waals surface area contributed by atoms with Crippen molar-refractivity contribution in [3.05, 3.63) is 35.4 Å². The fourth-order valence-corrected chi connectivity index (χ4v) is 1.31. The molecule has 0 bridgehead atoms. The maximum absolute atomic E-state index is 11.1. The van der Waals surface area contributed by atoms with E-state index in [4.69, 9.17) is 10.5 Å². The maximum atomic E-state index is 11.1. The molecular weight excluding hydrogens is 192 g/mol. The lowest BCUT2D eigenvalue weighted by atomic mass is 10.1. The number of amides is 1. The van der Waals surface area contributed by atoms with Crippen molar-refractivity contribution in [2.75, 3.05) is 13.7 Å². The smallest absolute Gasteiger partial charge is 0.246 e. The summed E-state index contributed by atoms with van der Waals surface area (Å²) in [5.41, 5.74) is 7.68. The minimum atomic E-state index is -0.121. The predicted molar refractivity (Wildman–Crippen MR) is 58.1 cm³/mol. The monoisotopic (exact) mass is 208 g/mol. The van der Waals surface area contributed by atoms with Gasteiger partial charge in [-0.2, -0.15) is 0 Å². The zero-order valence-electron chi connectivity index (χ0n) is 8.82. The van der Waals surface area contributed by atoms with Crippen molar-refractivity contribution in [3.8, 4) is 0 Å². The van der Waals surface area contributed by atoms with Crippen LogP contribution in [-0.2, 0) is 22.6 Å². The highest BCUT2D eigenvalue weighted by molar-refractivity contribution is 5.77. The highest BCUT2D eigenvalue weighted by Gasteiger charge is 2.02. The molecule has 0 aromatic heterocycles. The molecule has 0 aliphatic heterocycles. The summed E-state index contributed by atoms with van der Waals surface area (Å²) in [5, 5.41) is 2.76. The zero-order chi connectivity index (χ0) is 11.1. The minimum absolute atomic E-state index is 0.0881. The molecule has 0 saturated carbocycles. The lowest BCUT2D eigenvalue weighted by molar-refractivity contribution is -0.124. The number of carbonyl (C=O) groups excluding carboxylic acids is 1. The average molecular weight is 208 g/mol. The summed E-state index contributed by atoms with van der Waals surface area (Å²) in [5.74, 6) is -0.121. The van der Waals surface area contributed by atoms with E-state index in [0.717, 1.165) is 11.1 Å². The molecule has 0 spiro atoms. The Bertz CT molecular complexity index is 326. The first-order valence-corrected chi connectivity index (χ1v) is 4.80. The van der Waals surface area contributed by atoms with E-state index in [1.54, 1.807) is 0 Å². The third kappa shape index (κ3) is 3.69. The van der Waals surface area contributed by atoms with Crippen LogP contribution in [0.25, 0.3) is 0 Å². The minimum Gasteiger partial charge on any atom is -0.375 e. The Labute approximate surface area is 89.4 Å². The molecule has 4 nitrogen and oxygen atoms in total. The molecule has 0 unspecified atom stereocenters. The number of rotatable bonds is 5. The van der Waals surface area contributed by atoms with Crippen molar-refractivity contribution in [3.63, 3.8) is 0 Å². The lowest BCUT2D eigenvalue weighted by Gasteiger charge is -2.08. The third-order valence-corrected chi connectivity index (χ3v) is 2.09. The van der Waals surface area contributed by atoms with Gasteiger partial charge in [0.05, 0.1) is 0 Å². The summed E-state index contributed by atoms with van der Waals surface area (Å²) in [6.07, 6.45) is 0. The second kappa shape index (κ2) is 6.16. The molecule has 1 rings (SSSR count). The summed E-state index contributed by atoms with van der Waals surface area (Å²) < 4.78 is 4.71. The van der Waals surface area contributed by atoms with Crippen LogP contribution in [0.3, 0.4) is 0 Å². The van der Waals surface area contributed by atoms with Crippen molar-refractivity contribution in [1.29, 1.82) is 0 Å². The molecule has 0 atom stereocenters. The van der Waals surface area contributed by atoms with E-state index < -0.39 is 0 Å². The van der Waals surface area contributed by atoms with Crippen molar-refractivity contribution in [2.45, 2.75) is 13.1 Å². The Morgan fingerprint density at radius 1 is 1.40 bits per heavy atom. The van der Waals surface area contributed by atoms with Crippen LogP contribution >= 0.6 is 0 Å². The van der Waals surface area contributed by atoms with Gasteiger partial charge in [-0.15, -0.1) is 0 Å². The van der Waals surface area contributed by atoms with Crippen molar-refractivity contribution in [2.24, 2.45) is 5.73 Å². The van der Waals surface area contributed by atoms with Gasteiger partial charge in [0.25, 0.3) is 0 Å². The van der Waals surface area contributed by atoms with Crippen molar-refractivity contribution in [1.82, 2.24) is 5.32 Å². The molecule has 1 aromatic rings. The van der Waals surface area contributed by atoms with Gasteiger partial charge in [0.15, 0.2) is 0 Å². The number of hydrogen-bond donors (Lipinski definition) is 2. The molecule has 1 aromatic carbocycles. The number of benzene rings is 1. The molecule has 3 N–H and O–H groups in total. The summed E-state index contributed by atoms with van der Waals surface area (Å²) >= 11 is 0. The van der Waals surface area contributed by atoms with Crippen LogP contribution in [-0.4, -0.2) is 19.6 Å². The number of carbonyl (C=O) groups is 1. The Balaban J connectivity index is 2.53. The fraction of sp³-hybridized carbons (Fsp3) is 0.364. The molecule has 0 radical (unpaired) electrons. The first-order valence-electron chi connectivity index (χ1n) is 4.80. The van der Waals surface area contributed by atoms with Crippen LogP contribution in [0.15, 0.2) is 24.3 Å². The molecule has 0 aliphatic carbocycles. The van der Waals surface area contributed by atoms with Gasteiger partial charge in [0, 0.05) is 20.2 Å². The Kier molecular flexibility index (Phi) is 4.80. The molecule has 0 heterocycles. The molecule has 0 saturated heterocycles. The summed E-state index contributed by atoms with van der Waals surface area (Å²) in [4.78, 5) is 11.1. The zero-order valence-corrected chi connectivity index (χ0v) is 8.82. The van der Waals surface area contributed by atoms with Gasteiger partial charge in [-0.25, -0.2) is 0 Å². The quantitative estimate of drug-likeness (QED) is 0.736. The second-order valence-electron chi connectivity index (χ2n) is 3.18. The normalized spacial score (nSPS) is 10.0. The van der Waals surface area contributed by atoms with Crippen molar-refractivity contribution >= 4 is 5.91 Å². The van der Waals surface area contributed by atoms with Crippen LogP contribution in [0, 0.1) is 0 Å². The molecule has 1 amide bonds. The van der Waals surface area contributed by atoms with Crippen LogP contribution in [0.5, 0.6) is 0 Å². The van der Waals surface area contributed by atoms with Gasteiger partial charge in [0.2, 0.25) is 5.91 Å². The van der Waals surface area contributed by atoms with Crippen LogP contribution in [0.4, 0.5) is 0 Å².